The summed E-state index contributed by atoms with van der Waals surface area (Å²) in [5.41, 5.74) is 4.32. The van der Waals surface area contributed by atoms with E-state index in [1.54, 1.807) is 19.1 Å². The van der Waals surface area contributed by atoms with Crippen LogP contribution in [0.4, 0.5) is 15.8 Å². The monoisotopic (exact) mass is 453 g/mol. The lowest BCUT2D eigenvalue weighted by atomic mass is 10.0. The van der Waals surface area contributed by atoms with Gasteiger partial charge in [0, 0.05) is 51.0 Å². The molecule has 0 bridgehead atoms. The number of morpholine rings is 1. The van der Waals surface area contributed by atoms with Gasteiger partial charge in [-0.05, 0) is 60.8 Å². The van der Waals surface area contributed by atoms with Crippen LogP contribution in [0.5, 0.6) is 0 Å². The molecule has 2 aliphatic rings. The predicted octanol–water partition coefficient (Wildman–Crippen LogP) is 4.98. The molecule has 4 rings (SSSR count). The van der Waals surface area contributed by atoms with Crippen LogP contribution >= 0.6 is 0 Å². The molecular formula is C27H36FN3O2. The molecule has 0 N–H and O–H groups in total. The summed E-state index contributed by atoms with van der Waals surface area (Å²) in [6, 6.07) is 13.4. The van der Waals surface area contributed by atoms with Crippen molar-refractivity contribution in [3.63, 3.8) is 0 Å². The van der Waals surface area contributed by atoms with Gasteiger partial charge in [0.2, 0.25) is 5.91 Å². The highest BCUT2D eigenvalue weighted by atomic mass is 19.1. The van der Waals surface area contributed by atoms with Gasteiger partial charge in [0.05, 0.1) is 13.2 Å². The number of hydrogen-bond acceptors (Lipinski definition) is 4. The molecule has 1 saturated heterocycles. The Bertz CT molecular complexity index is 929. The van der Waals surface area contributed by atoms with Crippen LogP contribution in [0, 0.1) is 5.82 Å². The van der Waals surface area contributed by atoms with E-state index in [1.807, 2.05) is 11.0 Å². The number of ether oxygens (including phenoxy) is 1. The molecule has 0 atom stereocenters. The van der Waals surface area contributed by atoms with E-state index in [2.05, 4.69) is 28.0 Å². The van der Waals surface area contributed by atoms with Crippen molar-refractivity contribution in [3.05, 3.63) is 59.4 Å². The van der Waals surface area contributed by atoms with Gasteiger partial charge >= 0.3 is 0 Å². The lowest BCUT2D eigenvalue weighted by Crippen LogP contribution is -2.36. The second-order valence-corrected chi connectivity index (χ2v) is 9.19. The first-order chi connectivity index (χ1) is 16.1. The molecular weight excluding hydrogens is 417 g/mol. The second-order valence-electron chi connectivity index (χ2n) is 9.19. The van der Waals surface area contributed by atoms with Crippen LogP contribution in [0.2, 0.25) is 0 Å². The van der Waals surface area contributed by atoms with Crippen molar-refractivity contribution < 1.29 is 13.9 Å². The quantitative estimate of drug-likeness (QED) is 0.657. The summed E-state index contributed by atoms with van der Waals surface area (Å²) in [7, 11) is 0. The molecule has 2 aromatic carbocycles. The van der Waals surface area contributed by atoms with Crippen molar-refractivity contribution in [2.24, 2.45) is 0 Å². The SMILES string of the molecule is CC(=O)N1CCCCCCCN(Cc2cccc(F)c2)Cc2cc(N3CCOCC3)ccc21. The average Bonchev–Trinajstić information content (AvgIpc) is 2.80. The maximum Gasteiger partial charge on any atom is 0.223 e. The normalized spacial score (nSPS) is 18.8. The molecule has 6 heteroatoms. The smallest absolute Gasteiger partial charge is 0.223 e. The van der Waals surface area contributed by atoms with Gasteiger partial charge in [-0.15, -0.1) is 0 Å². The fraction of sp³-hybridized carbons (Fsp3) is 0.519. The molecule has 0 aromatic heterocycles. The largest absolute Gasteiger partial charge is 0.378 e. The molecule has 0 unspecified atom stereocenters. The first-order valence-electron chi connectivity index (χ1n) is 12.3. The van der Waals surface area contributed by atoms with Crippen molar-refractivity contribution in [2.45, 2.75) is 52.1 Å². The number of fused-ring (bicyclic) bond motifs is 1. The number of amides is 1. The topological polar surface area (TPSA) is 36.0 Å². The third kappa shape index (κ3) is 6.55. The Morgan fingerprint density at radius 3 is 2.45 bits per heavy atom. The van der Waals surface area contributed by atoms with Gasteiger partial charge in [-0.1, -0.05) is 31.4 Å². The van der Waals surface area contributed by atoms with E-state index in [4.69, 9.17) is 4.74 Å². The van der Waals surface area contributed by atoms with Crippen molar-refractivity contribution >= 4 is 17.3 Å². The number of halogens is 1. The maximum atomic E-state index is 13.8. The molecule has 0 saturated carbocycles. The van der Waals surface area contributed by atoms with Crippen molar-refractivity contribution in [2.75, 3.05) is 49.2 Å². The van der Waals surface area contributed by atoms with E-state index >= 15 is 0 Å². The zero-order chi connectivity index (χ0) is 23.0. The van der Waals surface area contributed by atoms with Crippen LogP contribution < -0.4 is 9.80 Å². The first kappa shape index (κ1) is 23.7. The van der Waals surface area contributed by atoms with Crippen LogP contribution in [0.25, 0.3) is 0 Å². The summed E-state index contributed by atoms with van der Waals surface area (Å²) in [4.78, 5) is 19.3. The Kier molecular flexibility index (Phi) is 8.35. The zero-order valence-electron chi connectivity index (χ0n) is 19.8. The summed E-state index contributed by atoms with van der Waals surface area (Å²) in [5.74, 6) is -0.108. The summed E-state index contributed by atoms with van der Waals surface area (Å²) in [6.07, 6.45) is 5.65. The fourth-order valence-electron chi connectivity index (χ4n) is 4.91. The van der Waals surface area contributed by atoms with E-state index in [-0.39, 0.29) is 11.7 Å². The minimum atomic E-state index is -0.195. The van der Waals surface area contributed by atoms with Crippen LogP contribution in [0.3, 0.4) is 0 Å². The standard InChI is InChI=1S/C27H36FN3O2/c1-22(32)31-13-6-4-2-3-5-12-29(20-23-8-7-9-25(28)18-23)21-24-19-26(10-11-27(24)31)30-14-16-33-17-15-30/h7-11,18-19H,2-6,12-17,20-21H2,1H3. The minimum absolute atomic E-state index is 0.0871. The van der Waals surface area contributed by atoms with Gasteiger partial charge in [-0.25, -0.2) is 4.39 Å². The number of nitrogens with zero attached hydrogens (tertiary/aromatic N) is 3. The highest BCUT2D eigenvalue weighted by Crippen LogP contribution is 2.30. The number of carbonyl (C=O) groups is 1. The summed E-state index contributed by atoms with van der Waals surface area (Å²) in [5, 5.41) is 0. The van der Waals surface area contributed by atoms with Gasteiger partial charge in [0.15, 0.2) is 0 Å². The molecule has 178 valence electrons. The second kappa shape index (κ2) is 11.6. The molecule has 33 heavy (non-hydrogen) atoms. The highest BCUT2D eigenvalue weighted by molar-refractivity contribution is 5.92. The first-order valence-corrected chi connectivity index (χ1v) is 12.3. The predicted molar refractivity (Wildman–Crippen MR) is 131 cm³/mol. The lowest BCUT2D eigenvalue weighted by Gasteiger charge is -2.32. The maximum absolute atomic E-state index is 13.8. The summed E-state index contributed by atoms with van der Waals surface area (Å²) < 4.78 is 19.4. The van der Waals surface area contributed by atoms with E-state index in [0.717, 1.165) is 82.0 Å². The van der Waals surface area contributed by atoms with Gasteiger partial charge in [-0.3, -0.25) is 9.69 Å². The van der Waals surface area contributed by atoms with Crippen LogP contribution in [0.1, 0.15) is 50.2 Å². The van der Waals surface area contributed by atoms with Gasteiger partial charge in [0.1, 0.15) is 5.82 Å². The number of carbonyl (C=O) groups excluding carboxylic acids is 1. The molecule has 0 aliphatic carbocycles. The Morgan fingerprint density at radius 2 is 1.70 bits per heavy atom. The van der Waals surface area contributed by atoms with Crippen LogP contribution in [-0.2, 0) is 22.6 Å². The molecule has 1 amide bonds. The van der Waals surface area contributed by atoms with E-state index in [1.165, 1.54) is 24.6 Å². The number of hydrogen-bond donors (Lipinski definition) is 0. The molecule has 1 fully saturated rings. The fourth-order valence-corrected chi connectivity index (χ4v) is 4.91. The molecule has 2 aliphatic heterocycles. The van der Waals surface area contributed by atoms with Crippen LogP contribution in [0.15, 0.2) is 42.5 Å². The average molecular weight is 454 g/mol. The van der Waals surface area contributed by atoms with Crippen molar-refractivity contribution in [3.8, 4) is 0 Å². The molecule has 2 aromatic rings. The molecule has 2 heterocycles. The van der Waals surface area contributed by atoms with Gasteiger partial charge < -0.3 is 14.5 Å². The number of rotatable bonds is 3. The molecule has 0 spiro atoms. The molecule has 0 radical (unpaired) electrons. The van der Waals surface area contributed by atoms with Crippen LogP contribution in [-0.4, -0.2) is 50.2 Å². The van der Waals surface area contributed by atoms with Gasteiger partial charge in [-0.2, -0.15) is 0 Å². The Balaban J connectivity index is 1.67. The minimum Gasteiger partial charge on any atom is -0.378 e. The summed E-state index contributed by atoms with van der Waals surface area (Å²) in [6.45, 7) is 8.03. The zero-order valence-corrected chi connectivity index (χ0v) is 19.8. The Hall–Kier alpha value is -2.44. The third-order valence-corrected chi connectivity index (χ3v) is 6.66. The van der Waals surface area contributed by atoms with E-state index < -0.39 is 0 Å². The van der Waals surface area contributed by atoms with Gasteiger partial charge in [0.25, 0.3) is 0 Å². The number of anilines is 2. The van der Waals surface area contributed by atoms with E-state index in [9.17, 15) is 9.18 Å². The van der Waals surface area contributed by atoms with Crippen molar-refractivity contribution in [1.29, 1.82) is 0 Å². The number of benzene rings is 2. The van der Waals surface area contributed by atoms with Crippen molar-refractivity contribution in [1.82, 2.24) is 4.90 Å². The third-order valence-electron chi connectivity index (χ3n) is 6.66. The Morgan fingerprint density at radius 1 is 0.939 bits per heavy atom. The van der Waals surface area contributed by atoms with E-state index in [0.29, 0.717) is 6.54 Å². The summed E-state index contributed by atoms with van der Waals surface area (Å²) >= 11 is 0. The molecule has 5 nitrogen and oxygen atoms in total. The highest BCUT2D eigenvalue weighted by Gasteiger charge is 2.21. The Labute approximate surface area is 197 Å². The lowest BCUT2D eigenvalue weighted by molar-refractivity contribution is -0.116.